The summed E-state index contributed by atoms with van der Waals surface area (Å²) in [6.45, 7) is 3.08. The van der Waals surface area contributed by atoms with Crippen molar-refractivity contribution in [1.29, 1.82) is 0 Å². The van der Waals surface area contributed by atoms with Crippen LogP contribution in [0.3, 0.4) is 0 Å². The highest BCUT2D eigenvalue weighted by molar-refractivity contribution is 6.35. The monoisotopic (exact) mass is 452 g/mol. The summed E-state index contributed by atoms with van der Waals surface area (Å²) in [7, 11) is 0. The molecular formula is C22H26Cl2N2O4. The molecule has 162 valence electrons. The zero-order chi connectivity index (χ0) is 21.7. The number of rotatable bonds is 5. The molecule has 8 heteroatoms. The minimum Gasteiger partial charge on any atom is -0.452 e. The number of esters is 1. The van der Waals surface area contributed by atoms with Gasteiger partial charge in [0.15, 0.2) is 6.10 Å². The summed E-state index contributed by atoms with van der Waals surface area (Å²) in [5.74, 6) is -0.0266. The molecule has 5 rings (SSSR count). The Morgan fingerprint density at radius 3 is 2.23 bits per heavy atom. The zero-order valence-electron chi connectivity index (χ0n) is 17.1. The molecule has 0 aromatic heterocycles. The van der Waals surface area contributed by atoms with Crippen molar-refractivity contribution in [3.05, 3.63) is 28.2 Å². The number of amides is 2. The highest BCUT2D eigenvalue weighted by Crippen LogP contribution is 2.62. The summed E-state index contributed by atoms with van der Waals surface area (Å²) < 4.78 is 5.65. The summed E-state index contributed by atoms with van der Waals surface area (Å²) in [5.41, 5.74) is -0.502. The second kappa shape index (κ2) is 7.72. The molecule has 0 spiro atoms. The molecule has 0 saturated heterocycles. The van der Waals surface area contributed by atoms with Crippen molar-refractivity contribution < 1.29 is 19.1 Å². The Bertz CT molecular complexity index is 869. The second-order valence-corrected chi connectivity index (χ2v) is 10.3. The number of carbonyl (C=O) groups is 3. The smallest absolute Gasteiger partial charge is 0.312 e. The summed E-state index contributed by atoms with van der Waals surface area (Å²) >= 11 is 11.9. The molecule has 4 fully saturated rings. The summed E-state index contributed by atoms with van der Waals surface area (Å²) in [4.78, 5) is 37.6. The fraction of sp³-hybridized carbons (Fsp3) is 0.591. The predicted molar refractivity (Wildman–Crippen MR) is 114 cm³/mol. The maximum Gasteiger partial charge on any atom is 0.312 e. The number of nitrogens with one attached hydrogen (secondary N) is 2. The molecule has 0 heterocycles. The average Bonchev–Trinajstić information content (AvgIpc) is 2.58. The van der Waals surface area contributed by atoms with Gasteiger partial charge in [0.1, 0.15) is 0 Å². The Kier molecular flexibility index (Phi) is 5.52. The molecule has 3 unspecified atom stereocenters. The first-order valence-corrected chi connectivity index (χ1v) is 11.1. The molecule has 1 aromatic rings. The van der Waals surface area contributed by atoms with Crippen LogP contribution in [0.1, 0.15) is 52.4 Å². The van der Waals surface area contributed by atoms with Gasteiger partial charge >= 0.3 is 5.97 Å². The van der Waals surface area contributed by atoms with Crippen LogP contribution in [0.15, 0.2) is 18.2 Å². The summed E-state index contributed by atoms with van der Waals surface area (Å²) in [6.07, 6.45) is 4.10. The summed E-state index contributed by atoms with van der Waals surface area (Å²) in [6, 6.07) is 4.73. The van der Waals surface area contributed by atoms with E-state index < -0.39 is 17.4 Å². The van der Waals surface area contributed by atoms with Crippen molar-refractivity contribution in [3.63, 3.8) is 0 Å². The highest BCUT2D eigenvalue weighted by atomic mass is 35.5. The van der Waals surface area contributed by atoms with Gasteiger partial charge in [-0.05, 0) is 75.5 Å². The first kappa shape index (κ1) is 21.4. The minimum atomic E-state index is -0.958. The molecule has 1 aromatic carbocycles. The lowest BCUT2D eigenvalue weighted by atomic mass is 9.47. The molecule has 3 atom stereocenters. The second-order valence-electron chi connectivity index (χ2n) is 9.40. The van der Waals surface area contributed by atoms with Crippen molar-refractivity contribution in [2.45, 2.75) is 64.0 Å². The van der Waals surface area contributed by atoms with Crippen LogP contribution in [0, 0.1) is 17.3 Å². The van der Waals surface area contributed by atoms with E-state index >= 15 is 0 Å². The van der Waals surface area contributed by atoms with Gasteiger partial charge in [0.2, 0.25) is 5.91 Å². The van der Waals surface area contributed by atoms with Crippen molar-refractivity contribution in [2.75, 3.05) is 5.32 Å². The maximum atomic E-state index is 13.2. The molecule has 4 saturated carbocycles. The third kappa shape index (κ3) is 4.17. The zero-order valence-corrected chi connectivity index (χ0v) is 18.6. The Morgan fingerprint density at radius 1 is 1.07 bits per heavy atom. The first-order chi connectivity index (χ1) is 14.1. The van der Waals surface area contributed by atoms with Crippen LogP contribution >= 0.6 is 23.2 Å². The van der Waals surface area contributed by atoms with E-state index in [1.54, 1.807) is 25.1 Å². The molecule has 4 aliphatic carbocycles. The van der Waals surface area contributed by atoms with Gasteiger partial charge in [-0.15, -0.1) is 0 Å². The van der Waals surface area contributed by atoms with Gasteiger partial charge in [-0.3, -0.25) is 14.4 Å². The Labute approximate surface area is 186 Å². The number of ether oxygens (including phenoxy) is 1. The minimum absolute atomic E-state index is 0.0617. The number of carbonyl (C=O) groups excluding carboxylic acids is 3. The van der Waals surface area contributed by atoms with E-state index in [0.717, 1.165) is 32.1 Å². The van der Waals surface area contributed by atoms with Gasteiger partial charge in [-0.1, -0.05) is 23.2 Å². The van der Waals surface area contributed by atoms with E-state index in [1.165, 1.54) is 6.92 Å². The average molecular weight is 453 g/mol. The van der Waals surface area contributed by atoms with E-state index in [9.17, 15) is 14.4 Å². The van der Waals surface area contributed by atoms with Gasteiger partial charge in [-0.2, -0.15) is 0 Å². The van der Waals surface area contributed by atoms with Crippen molar-refractivity contribution >= 4 is 46.7 Å². The molecule has 2 N–H and O–H groups in total. The summed E-state index contributed by atoms with van der Waals surface area (Å²) in [5, 5.41) is 6.63. The molecule has 30 heavy (non-hydrogen) atoms. The molecular weight excluding hydrogens is 427 g/mol. The Balaban J connectivity index is 1.45. The van der Waals surface area contributed by atoms with Crippen LogP contribution in [0.5, 0.6) is 0 Å². The Morgan fingerprint density at radius 2 is 1.67 bits per heavy atom. The van der Waals surface area contributed by atoms with E-state index in [4.69, 9.17) is 27.9 Å². The van der Waals surface area contributed by atoms with E-state index in [1.807, 2.05) is 0 Å². The fourth-order valence-electron chi connectivity index (χ4n) is 6.23. The van der Waals surface area contributed by atoms with Crippen LogP contribution in [0.4, 0.5) is 5.69 Å². The van der Waals surface area contributed by atoms with E-state index in [2.05, 4.69) is 10.6 Å². The van der Waals surface area contributed by atoms with Crippen molar-refractivity contribution in [2.24, 2.45) is 17.3 Å². The van der Waals surface area contributed by atoms with Crippen LogP contribution in [0.2, 0.25) is 10.0 Å². The van der Waals surface area contributed by atoms with E-state index in [0.29, 0.717) is 34.0 Å². The van der Waals surface area contributed by atoms with Crippen LogP contribution < -0.4 is 10.6 Å². The van der Waals surface area contributed by atoms with Gasteiger partial charge in [0.25, 0.3) is 5.91 Å². The highest BCUT2D eigenvalue weighted by Gasteiger charge is 2.61. The third-order valence-electron chi connectivity index (χ3n) is 6.72. The van der Waals surface area contributed by atoms with Crippen LogP contribution in [-0.2, 0) is 19.1 Å². The lowest BCUT2D eigenvalue weighted by Gasteiger charge is -2.60. The van der Waals surface area contributed by atoms with Gasteiger partial charge in [-0.25, -0.2) is 0 Å². The maximum absolute atomic E-state index is 13.2. The van der Waals surface area contributed by atoms with E-state index in [-0.39, 0.29) is 17.4 Å². The molecule has 0 radical (unpaired) electrons. The SMILES string of the molecule is CC(=O)NC12CC3CC(C1)CC(C(=O)OC(C)C(=O)Nc1cc(Cl)cc(Cl)c1)(C3)C2. The predicted octanol–water partition coefficient (Wildman–Crippen LogP) is 4.34. The molecule has 4 bridgehead atoms. The number of benzene rings is 1. The van der Waals surface area contributed by atoms with Gasteiger partial charge in [0.05, 0.1) is 5.41 Å². The van der Waals surface area contributed by atoms with Crippen LogP contribution in [-0.4, -0.2) is 29.4 Å². The molecule has 6 nitrogen and oxygen atoms in total. The first-order valence-electron chi connectivity index (χ1n) is 10.3. The molecule has 4 aliphatic rings. The fourth-order valence-corrected chi connectivity index (χ4v) is 6.76. The quantitative estimate of drug-likeness (QED) is 0.650. The molecule has 0 aliphatic heterocycles. The number of hydrogen-bond donors (Lipinski definition) is 2. The van der Waals surface area contributed by atoms with Crippen molar-refractivity contribution in [1.82, 2.24) is 5.32 Å². The topological polar surface area (TPSA) is 84.5 Å². The third-order valence-corrected chi connectivity index (χ3v) is 7.15. The number of hydrogen-bond acceptors (Lipinski definition) is 4. The van der Waals surface area contributed by atoms with Gasteiger partial charge in [0, 0.05) is 28.2 Å². The Hall–Kier alpha value is -1.79. The molecule has 2 amide bonds. The normalized spacial score (nSPS) is 32.4. The standard InChI is InChI=1S/C22H26Cl2N2O4/c1-12(19(28)25-18-5-16(23)4-17(24)6-18)30-20(29)21-7-14-3-15(8-21)10-22(9-14,11-21)26-13(2)27/h4-6,12,14-15H,3,7-11H2,1-2H3,(H,25,28)(H,26,27). The lowest BCUT2D eigenvalue weighted by Crippen LogP contribution is -2.65. The number of halogens is 2. The van der Waals surface area contributed by atoms with Gasteiger partial charge < -0.3 is 15.4 Å². The lowest BCUT2D eigenvalue weighted by molar-refractivity contribution is -0.181. The van der Waals surface area contributed by atoms with Crippen molar-refractivity contribution in [3.8, 4) is 0 Å². The largest absolute Gasteiger partial charge is 0.452 e. The number of anilines is 1. The van der Waals surface area contributed by atoms with Crippen LogP contribution in [0.25, 0.3) is 0 Å².